The highest BCUT2D eigenvalue weighted by atomic mass is 32.2. The second-order valence-electron chi connectivity index (χ2n) is 3.01. The second-order valence-corrected chi connectivity index (χ2v) is 5.71. The Balaban J connectivity index is 3.33. The van der Waals surface area contributed by atoms with Gasteiger partial charge >= 0.3 is 0 Å². The summed E-state index contributed by atoms with van der Waals surface area (Å²) >= 11 is 3.80. The van der Waals surface area contributed by atoms with Gasteiger partial charge in [-0.05, 0) is 25.5 Å². The fraction of sp³-hybridized carbons (Fsp3) is 0.333. The monoisotopic (exact) mass is 216 g/mol. The van der Waals surface area contributed by atoms with Gasteiger partial charge in [-0.1, -0.05) is 17.7 Å². The van der Waals surface area contributed by atoms with Gasteiger partial charge in [-0.25, -0.2) is 8.42 Å². The molecular weight excluding hydrogens is 204 g/mol. The minimum absolute atomic E-state index is 0.142. The van der Waals surface area contributed by atoms with Crippen LogP contribution >= 0.6 is 12.6 Å². The Morgan fingerprint density at radius 2 is 1.92 bits per heavy atom. The smallest absolute Gasteiger partial charge is 0.187 e. The molecule has 0 radical (unpaired) electrons. The minimum Gasteiger partial charge on any atom is -0.223 e. The predicted molar refractivity (Wildman–Crippen MR) is 57.0 cm³/mol. The Labute approximate surface area is 84.3 Å². The lowest BCUT2D eigenvalue weighted by Gasteiger charge is -2.05. The Hall–Kier alpha value is -0.480. The molecule has 0 bridgehead atoms. The van der Waals surface area contributed by atoms with Crippen molar-refractivity contribution in [1.82, 2.24) is 0 Å². The number of aryl methyl sites for hydroxylation is 2. The Morgan fingerprint density at radius 3 is 2.38 bits per heavy atom. The van der Waals surface area contributed by atoms with Gasteiger partial charge in [0.25, 0.3) is 0 Å². The fourth-order valence-corrected chi connectivity index (χ4v) is 2.60. The molecule has 0 amide bonds. The van der Waals surface area contributed by atoms with E-state index in [9.17, 15) is 8.42 Å². The maximum atomic E-state index is 11.5. The molecule has 0 heterocycles. The topological polar surface area (TPSA) is 34.1 Å². The van der Waals surface area contributed by atoms with E-state index in [0.29, 0.717) is 4.90 Å². The lowest BCUT2D eigenvalue weighted by Crippen LogP contribution is -2.04. The highest BCUT2D eigenvalue weighted by Gasteiger charge is 2.14. The van der Waals surface area contributed by atoms with Gasteiger partial charge in [-0.2, -0.15) is 12.6 Å². The van der Waals surface area contributed by atoms with Gasteiger partial charge in [0, 0.05) is 0 Å². The molecule has 0 unspecified atom stereocenters. The van der Waals surface area contributed by atoms with Crippen LogP contribution in [0.5, 0.6) is 0 Å². The van der Waals surface area contributed by atoms with E-state index in [1.165, 1.54) is 0 Å². The first kappa shape index (κ1) is 10.6. The summed E-state index contributed by atoms with van der Waals surface area (Å²) in [6.45, 7) is 3.73. The Kier molecular flexibility index (Phi) is 3.03. The second kappa shape index (κ2) is 3.72. The van der Waals surface area contributed by atoms with Gasteiger partial charge in [0.05, 0.1) is 9.98 Å². The third-order valence-electron chi connectivity index (χ3n) is 1.84. The van der Waals surface area contributed by atoms with Crippen molar-refractivity contribution in [2.75, 3.05) is 5.08 Å². The molecule has 0 N–H and O–H groups in total. The van der Waals surface area contributed by atoms with Crippen molar-refractivity contribution in [2.24, 2.45) is 0 Å². The summed E-state index contributed by atoms with van der Waals surface area (Å²) in [6, 6.07) is 5.29. The molecule has 0 atom stereocenters. The summed E-state index contributed by atoms with van der Waals surface area (Å²) in [5, 5.41) is -0.142. The number of rotatable bonds is 2. The molecule has 0 aliphatic rings. The normalized spacial score (nSPS) is 11.6. The number of benzene rings is 1. The SMILES string of the molecule is Cc1ccc(S(=O)(=O)CS)c(C)c1. The first-order chi connectivity index (χ1) is 5.97. The summed E-state index contributed by atoms with van der Waals surface area (Å²) in [6.07, 6.45) is 0. The Bertz CT molecular complexity index is 408. The van der Waals surface area contributed by atoms with E-state index in [0.717, 1.165) is 11.1 Å². The molecule has 1 rings (SSSR count). The lowest BCUT2D eigenvalue weighted by molar-refractivity contribution is 0.600. The molecule has 0 aliphatic heterocycles. The van der Waals surface area contributed by atoms with Gasteiger partial charge in [-0.3, -0.25) is 0 Å². The molecule has 72 valence electrons. The molecule has 2 nitrogen and oxygen atoms in total. The first-order valence-electron chi connectivity index (χ1n) is 3.88. The standard InChI is InChI=1S/C9H12O2S2/c1-7-3-4-9(8(2)5-7)13(10,11)6-12/h3-5,12H,6H2,1-2H3. The molecule has 1 aromatic carbocycles. The third kappa shape index (κ3) is 2.25. The summed E-state index contributed by atoms with van der Waals surface area (Å²) in [4.78, 5) is 0.383. The highest BCUT2D eigenvalue weighted by molar-refractivity contribution is 8.03. The number of hydrogen-bond donors (Lipinski definition) is 1. The molecule has 4 heteroatoms. The summed E-state index contributed by atoms with van der Waals surface area (Å²) < 4.78 is 22.9. The van der Waals surface area contributed by atoms with E-state index >= 15 is 0 Å². The van der Waals surface area contributed by atoms with E-state index in [1.807, 2.05) is 13.0 Å². The van der Waals surface area contributed by atoms with Gasteiger partial charge in [0.1, 0.15) is 0 Å². The molecule has 0 saturated heterocycles. The Morgan fingerprint density at radius 1 is 1.31 bits per heavy atom. The number of thiol groups is 1. The van der Waals surface area contributed by atoms with E-state index in [-0.39, 0.29) is 5.08 Å². The van der Waals surface area contributed by atoms with Gasteiger partial charge in [0.15, 0.2) is 9.84 Å². The van der Waals surface area contributed by atoms with Crippen LogP contribution in [0.3, 0.4) is 0 Å². The van der Waals surface area contributed by atoms with Crippen molar-refractivity contribution in [3.63, 3.8) is 0 Å². The van der Waals surface area contributed by atoms with Crippen molar-refractivity contribution in [3.05, 3.63) is 29.3 Å². The molecular formula is C9H12O2S2. The summed E-state index contributed by atoms with van der Waals surface area (Å²) in [5.41, 5.74) is 1.85. The van der Waals surface area contributed by atoms with Crippen LogP contribution < -0.4 is 0 Å². The van der Waals surface area contributed by atoms with Crippen LogP contribution in [0, 0.1) is 13.8 Å². The van der Waals surface area contributed by atoms with E-state index < -0.39 is 9.84 Å². The third-order valence-corrected chi connectivity index (χ3v) is 4.32. The highest BCUT2D eigenvalue weighted by Crippen LogP contribution is 2.18. The molecule has 0 aliphatic carbocycles. The molecule has 1 aromatic rings. The maximum absolute atomic E-state index is 11.5. The van der Waals surface area contributed by atoms with E-state index in [1.54, 1.807) is 19.1 Å². The van der Waals surface area contributed by atoms with Crippen LogP contribution in [0.1, 0.15) is 11.1 Å². The average molecular weight is 216 g/mol. The van der Waals surface area contributed by atoms with Crippen LogP contribution in [0.25, 0.3) is 0 Å². The van der Waals surface area contributed by atoms with Crippen LogP contribution in [0.2, 0.25) is 0 Å². The van der Waals surface area contributed by atoms with Crippen molar-refractivity contribution in [3.8, 4) is 0 Å². The van der Waals surface area contributed by atoms with Crippen LogP contribution in [-0.2, 0) is 9.84 Å². The van der Waals surface area contributed by atoms with Crippen molar-refractivity contribution < 1.29 is 8.42 Å². The van der Waals surface area contributed by atoms with Crippen molar-refractivity contribution in [2.45, 2.75) is 18.7 Å². The number of sulfone groups is 1. The summed E-state index contributed by atoms with van der Waals surface area (Å²) in [7, 11) is -3.18. The molecule has 0 fully saturated rings. The lowest BCUT2D eigenvalue weighted by atomic mass is 10.2. The first-order valence-corrected chi connectivity index (χ1v) is 6.17. The fourth-order valence-electron chi connectivity index (χ4n) is 1.22. The summed E-state index contributed by atoms with van der Waals surface area (Å²) in [5.74, 6) is 0. The van der Waals surface area contributed by atoms with Crippen molar-refractivity contribution >= 4 is 22.5 Å². The largest absolute Gasteiger partial charge is 0.223 e. The van der Waals surface area contributed by atoms with Crippen LogP contribution in [0.15, 0.2) is 23.1 Å². The van der Waals surface area contributed by atoms with Gasteiger partial charge in [-0.15, -0.1) is 0 Å². The van der Waals surface area contributed by atoms with Crippen LogP contribution in [-0.4, -0.2) is 13.5 Å². The van der Waals surface area contributed by atoms with Crippen LogP contribution in [0.4, 0.5) is 0 Å². The van der Waals surface area contributed by atoms with E-state index in [4.69, 9.17) is 0 Å². The van der Waals surface area contributed by atoms with Gasteiger partial charge in [0.2, 0.25) is 0 Å². The maximum Gasteiger partial charge on any atom is 0.187 e. The van der Waals surface area contributed by atoms with Crippen molar-refractivity contribution in [1.29, 1.82) is 0 Å². The zero-order valence-electron chi connectivity index (χ0n) is 7.61. The zero-order valence-corrected chi connectivity index (χ0v) is 9.32. The zero-order chi connectivity index (χ0) is 10.1. The number of hydrogen-bond acceptors (Lipinski definition) is 3. The quantitative estimate of drug-likeness (QED) is 0.767. The van der Waals surface area contributed by atoms with E-state index in [2.05, 4.69) is 12.6 Å². The molecule has 0 spiro atoms. The molecule has 0 saturated carbocycles. The predicted octanol–water partition coefficient (Wildman–Crippen LogP) is 1.96. The molecule has 13 heavy (non-hydrogen) atoms. The molecule has 0 aromatic heterocycles. The minimum atomic E-state index is -3.18. The average Bonchev–Trinajstić information content (AvgIpc) is 2.03. The van der Waals surface area contributed by atoms with Gasteiger partial charge < -0.3 is 0 Å².